The van der Waals surface area contributed by atoms with Gasteiger partial charge in [0, 0.05) is 42.7 Å². The summed E-state index contributed by atoms with van der Waals surface area (Å²) in [4.78, 5) is 22.1. The smallest absolute Gasteiger partial charge is 0.410 e. The summed E-state index contributed by atoms with van der Waals surface area (Å²) < 4.78 is 29.0. The van der Waals surface area contributed by atoms with E-state index in [1.165, 1.54) is 6.20 Å². The van der Waals surface area contributed by atoms with Crippen molar-refractivity contribution < 1.29 is 17.9 Å². The number of nitrogens with one attached hydrogen (secondary N) is 1. The number of piperidine rings is 1. The monoisotopic (exact) mass is 407 g/mol. The molecule has 1 aliphatic heterocycles. The summed E-state index contributed by atoms with van der Waals surface area (Å²) in [5.74, 6) is 0.0235. The molecule has 0 saturated carbocycles. The highest BCUT2D eigenvalue weighted by atomic mass is 32.2. The molecule has 0 bridgehead atoms. The quantitative estimate of drug-likeness (QED) is 0.776. The van der Waals surface area contributed by atoms with E-state index in [1.807, 2.05) is 20.8 Å². The second-order valence-corrected chi connectivity index (χ2v) is 9.87. The van der Waals surface area contributed by atoms with Gasteiger partial charge in [-0.15, -0.1) is 0 Å². The molecule has 2 aromatic heterocycles. The fourth-order valence-electron chi connectivity index (χ4n) is 3.19. The molecule has 0 radical (unpaired) electrons. The van der Waals surface area contributed by atoms with Gasteiger partial charge in [-0.2, -0.15) is 5.10 Å². The molecule has 1 unspecified atom stereocenters. The summed E-state index contributed by atoms with van der Waals surface area (Å²) in [6, 6.07) is 1.65. The number of aromatic amines is 1. The van der Waals surface area contributed by atoms with Crippen molar-refractivity contribution in [3.05, 3.63) is 24.2 Å². The number of nitrogens with zero attached hydrogens (tertiary/aromatic N) is 4. The minimum Gasteiger partial charge on any atom is -0.444 e. The maximum Gasteiger partial charge on any atom is 0.410 e. The lowest BCUT2D eigenvalue weighted by atomic mass is 9.92. The number of H-pyrrole nitrogens is 1. The molecule has 0 aromatic carbocycles. The van der Waals surface area contributed by atoms with Crippen LogP contribution < -0.4 is 0 Å². The zero-order valence-corrected chi connectivity index (χ0v) is 17.3. The van der Waals surface area contributed by atoms with Gasteiger partial charge in [0.15, 0.2) is 0 Å². The minimum absolute atomic E-state index is 0.0235. The number of sulfone groups is 1. The number of aromatic nitrogens is 4. The average molecular weight is 407 g/mol. The summed E-state index contributed by atoms with van der Waals surface area (Å²) in [6.45, 7) is 6.66. The van der Waals surface area contributed by atoms with Gasteiger partial charge in [-0.3, -0.25) is 5.10 Å². The third-order valence-electron chi connectivity index (χ3n) is 4.39. The van der Waals surface area contributed by atoms with Gasteiger partial charge in [0.2, 0.25) is 15.0 Å². The van der Waals surface area contributed by atoms with Crippen molar-refractivity contribution in [1.29, 1.82) is 0 Å². The normalized spacial score (nSPS) is 18.1. The minimum atomic E-state index is -3.51. The topological polar surface area (TPSA) is 118 Å². The Labute approximate surface area is 164 Å². The first kappa shape index (κ1) is 20.2. The van der Waals surface area contributed by atoms with Gasteiger partial charge in [-0.25, -0.2) is 23.2 Å². The predicted octanol–water partition coefficient (Wildman–Crippen LogP) is 2.38. The Bertz CT molecular complexity index is 964. The molecule has 3 rings (SSSR count). The van der Waals surface area contributed by atoms with Gasteiger partial charge in [0.1, 0.15) is 5.60 Å². The first-order valence-electron chi connectivity index (χ1n) is 9.09. The van der Waals surface area contributed by atoms with E-state index in [9.17, 15) is 13.2 Å². The Balaban J connectivity index is 1.85. The maximum atomic E-state index is 12.4. The van der Waals surface area contributed by atoms with E-state index in [-0.39, 0.29) is 17.2 Å². The fraction of sp³-hybridized carbons (Fsp3) is 0.556. The number of hydrogen-bond donors (Lipinski definition) is 1. The van der Waals surface area contributed by atoms with Crippen molar-refractivity contribution in [3.8, 4) is 11.3 Å². The van der Waals surface area contributed by atoms with Crippen LogP contribution in [0, 0.1) is 0 Å². The van der Waals surface area contributed by atoms with Gasteiger partial charge in [0.25, 0.3) is 0 Å². The van der Waals surface area contributed by atoms with E-state index in [1.54, 1.807) is 17.2 Å². The second kappa shape index (κ2) is 7.50. The summed E-state index contributed by atoms with van der Waals surface area (Å²) in [7, 11) is -3.51. The Morgan fingerprint density at radius 3 is 2.79 bits per heavy atom. The highest BCUT2D eigenvalue weighted by Crippen LogP contribution is 2.32. The molecule has 28 heavy (non-hydrogen) atoms. The van der Waals surface area contributed by atoms with Crippen LogP contribution in [-0.2, 0) is 14.6 Å². The number of ether oxygens (including phenoxy) is 1. The predicted molar refractivity (Wildman–Crippen MR) is 103 cm³/mol. The Kier molecular flexibility index (Phi) is 5.42. The highest BCUT2D eigenvalue weighted by Gasteiger charge is 2.30. The van der Waals surface area contributed by atoms with Crippen LogP contribution in [0.2, 0.25) is 0 Å². The zero-order chi connectivity index (χ0) is 20.5. The van der Waals surface area contributed by atoms with Crippen LogP contribution in [0.25, 0.3) is 11.3 Å². The van der Waals surface area contributed by atoms with Gasteiger partial charge < -0.3 is 9.64 Å². The SMILES string of the molecule is CC(C)(C)OC(=O)N1CCCC(c2[nH]ncc2-c2ccnc(S(C)(=O)=O)n2)C1. The number of hydrogen-bond acceptors (Lipinski definition) is 7. The molecular formula is C18H25N5O4S. The van der Waals surface area contributed by atoms with Crippen LogP contribution in [0.15, 0.2) is 23.6 Å². The summed E-state index contributed by atoms with van der Waals surface area (Å²) in [6.07, 6.45) is 5.49. The molecule has 10 heteroatoms. The first-order chi connectivity index (χ1) is 13.0. The van der Waals surface area contributed by atoms with Gasteiger partial charge in [-0.05, 0) is 39.7 Å². The molecule has 0 aliphatic carbocycles. The van der Waals surface area contributed by atoms with E-state index in [4.69, 9.17) is 4.74 Å². The molecule has 3 heterocycles. The van der Waals surface area contributed by atoms with Crippen molar-refractivity contribution in [1.82, 2.24) is 25.1 Å². The molecule has 0 spiro atoms. The summed E-state index contributed by atoms with van der Waals surface area (Å²) >= 11 is 0. The van der Waals surface area contributed by atoms with Gasteiger partial charge in [0.05, 0.1) is 11.9 Å². The molecule has 1 fully saturated rings. The van der Waals surface area contributed by atoms with Crippen LogP contribution in [0.5, 0.6) is 0 Å². The molecule has 1 amide bonds. The number of amides is 1. The standard InChI is InChI=1S/C18H25N5O4S/c1-18(2,3)27-17(24)23-9-5-6-12(11-23)15-13(10-20-22-15)14-7-8-19-16(21-14)28(4,25)26/h7-8,10,12H,5-6,9,11H2,1-4H3,(H,20,22). The van der Waals surface area contributed by atoms with E-state index < -0.39 is 15.4 Å². The number of rotatable bonds is 3. The molecule has 152 valence electrons. The molecule has 1 saturated heterocycles. The Morgan fingerprint density at radius 1 is 1.36 bits per heavy atom. The van der Waals surface area contributed by atoms with Crippen LogP contribution in [0.4, 0.5) is 4.79 Å². The van der Waals surface area contributed by atoms with E-state index >= 15 is 0 Å². The Hall–Kier alpha value is -2.49. The van der Waals surface area contributed by atoms with Crippen LogP contribution in [0.3, 0.4) is 0 Å². The van der Waals surface area contributed by atoms with Gasteiger partial charge in [-0.1, -0.05) is 0 Å². The van der Waals surface area contributed by atoms with E-state index in [0.717, 1.165) is 24.8 Å². The van der Waals surface area contributed by atoms with Crippen molar-refractivity contribution in [2.24, 2.45) is 0 Å². The third kappa shape index (κ3) is 4.67. The lowest BCUT2D eigenvalue weighted by molar-refractivity contribution is 0.0197. The molecule has 1 N–H and O–H groups in total. The van der Waals surface area contributed by atoms with E-state index in [2.05, 4.69) is 20.2 Å². The van der Waals surface area contributed by atoms with Crippen LogP contribution in [-0.4, -0.2) is 64.5 Å². The number of carbonyl (C=O) groups excluding carboxylic acids is 1. The van der Waals surface area contributed by atoms with Crippen molar-refractivity contribution in [2.75, 3.05) is 19.3 Å². The Morgan fingerprint density at radius 2 is 2.11 bits per heavy atom. The largest absolute Gasteiger partial charge is 0.444 e. The summed E-state index contributed by atoms with van der Waals surface area (Å²) in [5, 5.41) is 6.90. The maximum absolute atomic E-state index is 12.4. The van der Waals surface area contributed by atoms with E-state index in [0.29, 0.717) is 24.3 Å². The molecule has 9 nitrogen and oxygen atoms in total. The second-order valence-electron chi connectivity index (χ2n) is 7.96. The van der Waals surface area contributed by atoms with Crippen molar-refractivity contribution in [3.63, 3.8) is 0 Å². The molecule has 1 aliphatic rings. The lowest BCUT2D eigenvalue weighted by Crippen LogP contribution is -2.42. The van der Waals surface area contributed by atoms with Crippen LogP contribution >= 0.6 is 0 Å². The first-order valence-corrected chi connectivity index (χ1v) is 11.0. The zero-order valence-electron chi connectivity index (χ0n) is 16.5. The summed E-state index contributed by atoms with van der Waals surface area (Å²) in [5.41, 5.74) is 1.47. The number of likely N-dealkylation sites (tertiary alicyclic amines) is 1. The molecular weight excluding hydrogens is 382 g/mol. The lowest BCUT2D eigenvalue weighted by Gasteiger charge is -2.34. The fourth-order valence-corrected chi connectivity index (χ4v) is 3.70. The van der Waals surface area contributed by atoms with Crippen LogP contribution in [0.1, 0.15) is 45.2 Å². The number of carbonyl (C=O) groups is 1. The van der Waals surface area contributed by atoms with Gasteiger partial charge >= 0.3 is 6.09 Å². The average Bonchev–Trinajstić information content (AvgIpc) is 3.09. The molecule has 1 atom stereocenters. The van der Waals surface area contributed by atoms with Crippen molar-refractivity contribution in [2.45, 2.75) is 50.3 Å². The third-order valence-corrected chi connectivity index (χ3v) is 5.25. The van der Waals surface area contributed by atoms with Crippen molar-refractivity contribution >= 4 is 15.9 Å². The highest BCUT2D eigenvalue weighted by molar-refractivity contribution is 7.90. The molecule has 2 aromatic rings.